The molecule has 2 aliphatic rings. The highest BCUT2D eigenvalue weighted by Crippen LogP contribution is 2.23. The van der Waals surface area contributed by atoms with E-state index in [0.29, 0.717) is 43.8 Å². The van der Waals surface area contributed by atoms with Crippen molar-refractivity contribution >= 4 is 23.5 Å². The molecule has 1 fully saturated rings. The van der Waals surface area contributed by atoms with Gasteiger partial charge in [0.05, 0.1) is 5.56 Å². The van der Waals surface area contributed by atoms with Crippen molar-refractivity contribution < 1.29 is 24.2 Å². The normalized spacial score (nSPS) is 18.2. The number of rotatable bonds is 4. The van der Waals surface area contributed by atoms with Crippen LogP contribution in [0.2, 0.25) is 0 Å². The van der Waals surface area contributed by atoms with E-state index in [4.69, 9.17) is 4.74 Å². The second-order valence-corrected chi connectivity index (χ2v) is 7.34. The third-order valence-corrected chi connectivity index (χ3v) is 5.35. The van der Waals surface area contributed by atoms with E-state index in [1.165, 1.54) is 0 Å². The minimum Gasteiger partial charge on any atom is -0.478 e. The molecule has 0 bridgehead atoms. The summed E-state index contributed by atoms with van der Waals surface area (Å²) in [6, 6.07) is 11.9. The number of carboxylic acid groups (broad SMARTS) is 1. The summed E-state index contributed by atoms with van der Waals surface area (Å²) in [6.07, 6.45) is 1.82. The number of carboxylic acids is 1. The van der Waals surface area contributed by atoms with Gasteiger partial charge in [-0.3, -0.25) is 9.59 Å². The first-order valence-electron chi connectivity index (χ1n) is 9.68. The van der Waals surface area contributed by atoms with Gasteiger partial charge in [0, 0.05) is 30.9 Å². The quantitative estimate of drug-likeness (QED) is 0.831. The topological polar surface area (TPSA) is 95.9 Å². The van der Waals surface area contributed by atoms with Crippen LogP contribution in [0.5, 0.6) is 0 Å². The summed E-state index contributed by atoms with van der Waals surface area (Å²) in [5, 5.41) is 12.0. The van der Waals surface area contributed by atoms with Gasteiger partial charge < -0.3 is 20.1 Å². The molecular formula is C22H22N2O5. The van der Waals surface area contributed by atoms with Crippen LogP contribution in [-0.2, 0) is 22.5 Å². The van der Waals surface area contributed by atoms with Gasteiger partial charge in [0.1, 0.15) is 6.10 Å². The lowest BCUT2D eigenvalue weighted by molar-refractivity contribution is -0.124. The molecule has 1 atom stereocenters. The standard InChI is InChI=1S/C22H22N2O5/c25-20(19-5-2-10-29-19)23-18-4-1-3-15(12-18)21(26)24-9-8-14-6-7-16(22(27)28)11-17(14)13-24/h1,3-4,6-7,11-12,19H,2,5,8-10,13H2,(H,23,25)(H,27,28). The molecule has 0 aromatic heterocycles. The molecule has 0 spiro atoms. The van der Waals surface area contributed by atoms with E-state index in [1.807, 2.05) is 6.07 Å². The number of benzene rings is 2. The summed E-state index contributed by atoms with van der Waals surface area (Å²) in [4.78, 5) is 38.2. The van der Waals surface area contributed by atoms with Crippen LogP contribution in [0.4, 0.5) is 5.69 Å². The number of anilines is 1. The van der Waals surface area contributed by atoms with Crippen molar-refractivity contribution in [3.8, 4) is 0 Å². The summed E-state index contributed by atoms with van der Waals surface area (Å²) >= 11 is 0. The Hall–Kier alpha value is -3.19. The monoisotopic (exact) mass is 394 g/mol. The Morgan fingerprint density at radius 3 is 2.69 bits per heavy atom. The smallest absolute Gasteiger partial charge is 0.335 e. The van der Waals surface area contributed by atoms with E-state index in [0.717, 1.165) is 17.5 Å². The zero-order chi connectivity index (χ0) is 20.4. The van der Waals surface area contributed by atoms with Gasteiger partial charge in [-0.15, -0.1) is 0 Å². The van der Waals surface area contributed by atoms with Crippen LogP contribution in [0, 0.1) is 0 Å². The fourth-order valence-electron chi connectivity index (χ4n) is 3.78. The first-order valence-corrected chi connectivity index (χ1v) is 9.68. The molecule has 29 heavy (non-hydrogen) atoms. The van der Waals surface area contributed by atoms with E-state index in [2.05, 4.69) is 5.32 Å². The Morgan fingerprint density at radius 1 is 1.07 bits per heavy atom. The summed E-state index contributed by atoms with van der Waals surface area (Å²) in [5.74, 6) is -1.32. The molecule has 0 radical (unpaired) electrons. The van der Waals surface area contributed by atoms with Gasteiger partial charge in [-0.05, 0) is 60.7 Å². The molecule has 150 valence electrons. The molecule has 1 saturated heterocycles. The van der Waals surface area contributed by atoms with Crippen molar-refractivity contribution in [2.45, 2.75) is 31.9 Å². The molecule has 4 rings (SSSR count). The third kappa shape index (κ3) is 4.14. The zero-order valence-electron chi connectivity index (χ0n) is 15.9. The fourth-order valence-corrected chi connectivity index (χ4v) is 3.78. The van der Waals surface area contributed by atoms with Gasteiger partial charge in [0.25, 0.3) is 11.8 Å². The highest BCUT2D eigenvalue weighted by atomic mass is 16.5. The van der Waals surface area contributed by atoms with E-state index in [1.54, 1.807) is 41.3 Å². The summed E-state index contributed by atoms with van der Waals surface area (Å²) in [7, 11) is 0. The van der Waals surface area contributed by atoms with Crippen LogP contribution in [0.3, 0.4) is 0 Å². The maximum Gasteiger partial charge on any atom is 0.335 e. The summed E-state index contributed by atoms with van der Waals surface area (Å²) in [5.41, 5.74) is 3.18. The molecule has 2 amide bonds. The molecule has 1 unspecified atom stereocenters. The van der Waals surface area contributed by atoms with Crippen LogP contribution in [0.1, 0.15) is 44.7 Å². The molecule has 7 heteroatoms. The van der Waals surface area contributed by atoms with Gasteiger partial charge >= 0.3 is 5.97 Å². The van der Waals surface area contributed by atoms with Crippen molar-refractivity contribution in [2.24, 2.45) is 0 Å². The Morgan fingerprint density at radius 2 is 1.93 bits per heavy atom. The third-order valence-electron chi connectivity index (χ3n) is 5.35. The van der Waals surface area contributed by atoms with Crippen LogP contribution < -0.4 is 5.32 Å². The lowest BCUT2D eigenvalue weighted by Gasteiger charge is -2.29. The number of hydrogen-bond donors (Lipinski definition) is 2. The Bertz CT molecular complexity index is 965. The highest BCUT2D eigenvalue weighted by molar-refractivity contribution is 5.98. The largest absolute Gasteiger partial charge is 0.478 e. The van der Waals surface area contributed by atoms with Crippen LogP contribution in [0.25, 0.3) is 0 Å². The molecule has 0 aliphatic carbocycles. The second kappa shape index (κ2) is 8.05. The van der Waals surface area contributed by atoms with Gasteiger partial charge in [-0.1, -0.05) is 12.1 Å². The molecule has 2 aromatic rings. The number of nitrogens with one attached hydrogen (secondary N) is 1. The molecule has 2 N–H and O–H groups in total. The Labute approximate surface area is 168 Å². The molecule has 0 saturated carbocycles. The van der Waals surface area contributed by atoms with Crippen molar-refractivity contribution in [1.29, 1.82) is 0 Å². The second-order valence-electron chi connectivity index (χ2n) is 7.34. The highest BCUT2D eigenvalue weighted by Gasteiger charge is 2.25. The van der Waals surface area contributed by atoms with Gasteiger partial charge in [0.15, 0.2) is 0 Å². The fraction of sp³-hybridized carbons (Fsp3) is 0.318. The number of hydrogen-bond acceptors (Lipinski definition) is 4. The van der Waals surface area contributed by atoms with Gasteiger partial charge in [0.2, 0.25) is 0 Å². The molecule has 2 aromatic carbocycles. The van der Waals surface area contributed by atoms with E-state index < -0.39 is 12.1 Å². The Balaban J connectivity index is 1.47. The van der Waals surface area contributed by atoms with Crippen LogP contribution >= 0.6 is 0 Å². The minimum absolute atomic E-state index is 0.149. The number of amides is 2. The predicted molar refractivity (Wildman–Crippen MR) is 106 cm³/mol. The summed E-state index contributed by atoms with van der Waals surface area (Å²) < 4.78 is 5.39. The number of carbonyl (C=O) groups excluding carboxylic acids is 2. The lowest BCUT2D eigenvalue weighted by atomic mass is 9.97. The summed E-state index contributed by atoms with van der Waals surface area (Å²) in [6.45, 7) is 1.52. The maximum atomic E-state index is 13.0. The van der Waals surface area contributed by atoms with E-state index in [9.17, 15) is 19.5 Å². The average molecular weight is 394 g/mol. The molecular weight excluding hydrogens is 372 g/mol. The van der Waals surface area contributed by atoms with Crippen LogP contribution in [-0.4, -0.2) is 47.0 Å². The van der Waals surface area contributed by atoms with Crippen molar-refractivity contribution in [3.63, 3.8) is 0 Å². The molecule has 7 nitrogen and oxygen atoms in total. The first kappa shape index (κ1) is 19.1. The number of aromatic carboxylic acids is 1. The predicted octanol–water partition coefficient (Wildman–Crippen LogP) is 2.70. The number of carbonyl (C=O) groups is 3. The Kier molecular flexibility index (Phi) is 5.31. The molecule has 2 aliphatic heterocycles. The van der Waals surface area contributed by atoms with Crippen molar-refractivity contribution in [1.82, 2.24) is 4.90 Å². The SMILES string of the molecule is O=C(O)c1ccc2c(c1)CN(C(=O)c1cccc(NC(=O)C3CCCO3)c1)CC2. The lowest BCUT2D eigenvalue weighted by Crippen LogP contribution is -2.36. The number of fused-ring (bicyclic) bond motifs is 1. The van der Waals surface area contributed by atoms with E-state index >= 15 is 0 Å². The number of ether oxygens (including phenoxy) is 1. The van der Waals surface area contributed by atoms with Crippen LogP contribution in [0.15, 0.2) is 42.5 Å². The maximum absolute atomic E-state index is 13.0. The molecule has 2 heterocycles. The minimum atomic E-state index is -0.981. The first-order chi connectivity index (χ1) is 14.0. The van der Waals surface area contributed by atoms with Gasteiger partial charge in [-0.2, -0.15) is 0 Å². The number of nitrogens with zero attached hydrogens (tertiary/aromatic N) is 1. The zero-order valence-corrected chi connectivity index (χ0v) is 15.9. The van der Waals surface area contributed by atoms with Crippen molar-refractivity contribution in [2.75, 3.05) is 18.5 Å². The average Bonchev–Trinajstić information content (AvgIpc) is 3.27. The van der Waals surface area contributed by atoms with E-state index in [-0.39, 0.29) is 17.4 Å². The van der Waals surface area contributed by atoms with Crippen molar-refractivity contribution in [3.05, 3.63) is 64.7 Å². The van der Waals surface area contributed by atoms with Gasteiger partial charge in [-0.25, -0.2) is 4.79 Å².